The predicted octanol–water partition coefficient (Wildman–Crippen LogP) is 3.13. The molecule has 1 fully saturated rings. The molecule has 1 saturated heterocycles. The first-order valence-corrected chi connectivity index (χ1v) is 6.51. The number of benzene rings is 1. The van der Waals surface area contributed by atoms with Gasteiger partial charge in [0, 0.05) is 19.5 Å². The first kappa shape index (κ1) is 12.8. The summed E-state index contributed by atoms with van der Waals surface area (Å²) < 4.78 is 5.43. The maximum absolute atomic E-state index is 8.74. The van der Waals surface area contributed by atoms with Crippen molar-refractivity contribution in [3.8, 4) is 11.8 Å². The van der Waals surface area contributed by atoms with Crippen molar-refractivity contribution in [3.63, 3.8) is 0 Å². The molecule has 1 aliphatic rings. The van der Waals surface area contributed by atoms with Crippen molar-refractivity contribution < 1.29 is 4.74 Å². The largest absolute Gasteiger partial charge is 0.495 e. The molecule has 3 nitrogen and oxygen atoms in total. The van der Waals surface area contributed by atoms with E-state index in [0.29, 0.717) is 12.3 Å². The molecule has 1 heterocycles. The molecule has 2 rings (SSSR count). The fraction of sp³-hybridized carbons (Fsp3) is 0.533. The van der Waals surface area contributed by atoms with Crippen LogP contribution in [0.4, 0.5) is 5.69 Å². The van der Waals surface area contributed by atoms with Crippen LogP contribution in [-0.4, -0.2) is 20.2 Å². The molecule has 0 saturated carbocycles. The Hall–Kier alpha value is -1.69. The monoisotopic (exact) mass is 244 g/mol. The van der Waals surface area contributed by atoms with Crippen LogP contribution < -0.4 is 9.64 Å². The molecule has 0 radical (unpaired) electrons. The highest BCUT2D eigenvalue weighted by molar-refractivity contribution is 5.60. The molecule has 0 spiro atoms. The number of hydrogen-bond acceptors (Lipinski definition) is 3. The van der Waals surface area contributed by atoms with Gasteiger partial charge in [-0.25, -0.2) is 0 Å². The van der Waals surface area contributed by atoms with Crippen molar-refractivity contribution in [2.24, 2.45) is 5.92 Å². The highest BCUT2D eigenvalue weighted by atomic mass is 16.5. The fourth-order valence-corrected chi connectivity index (χ4v) is 2.55. The second-order valence-electron chi connectivity index (χ2n) is 4.97. The highest BCUT2D eigenvalue weighted by Gasteiger charge is 2.21. The van der Waals surface area contributed by atoms with Crippen LogP contribution in [0.25, 0.3) is 0 Å². The number of anilines is 1. The van der Waals surface area contributed by atoms with E-state index in [1.807, 2.05) is 6.07 Å². The van der Waals surface area contributed by atoms with E-state index in [9.17, 15) is 0 Å². The molecule has 0 N–H and O–H groups in total. The van der Waals surface area contributed by atoms with Gasteiger partial charge in [-0.2, -0.15) is 5.26 Å². The van der Waals surface area contributed by atoms with Gasteiger partial charge in [-0.15, -0.1) is 0 Å². The van der Waals surface area contributed by atoms with Gasteiger partial charge in [-0.05, 0) is 43.4 Å². The smallest absolute Gasteiger partial charge is 0.142 e. The number of methoxy groups -OCH3 is 1. The first-order chi connectivity index (χ1) is 8.74. The number of piperidine rings is 1. The maximum Gasteiger partial charge on any atom is 0.142 e. The zero-order valence-electron chi connectivity index (χ0n) is 11.1. The van der Waals surface area contributed by atoms with Gasteiger partial charge in [0.05, 0.1) is 18.9 Å². The summed E-state index contributed by atoms with van der Waals surface area (Å²) in [5, 5.41) is 8.74. The lowest BCUT2D eigenvalue weighted by Crippen LogP contribution is -2.33. The Kier molecular flexibility index (Phi) is 4.09. The molecule has 1 aromatic carbocycles. The molecule has 0 amide bonds. The van der Waals surface area contributed by atoms with Crippen LogP contribution in [0, 0.1) is 24.2 Å². The van der Waals surface area contributed by atoms with E-state index < -0.39 is 0 Å². The first-order valence-electron chi connectivity index (χ1n) is 6.51. The molecular formula is C15H20N2O. The minimum atomic E-state index is 0.571. The second kappa shape index (κ2) is 5.77. The molecule has 1 aliphatic heterocycles. The summed E-state index contributed by atoms with van der Waals surface area (Å²) in [6, 6.07) is 8.57. The lowest BCUT2D eigenvalue weighted by Gasteiger charge is -2.33. The number of nitrogens with zero attached hydrogens (tertiary/aromatic N) is 2. The van der Waals surface area contributed by atoms with Crippen LogP contribution in [0.5, 0.6) is 5.75 Å². The highest BCUT2D eigenvalue weighted by Crippen LogP contribution is 2.32. The summed E-state index contributed by atoms with van der Waals surface area (Å²) in [5.41, 5.74) is 2.44. The summed E-state index contributed by atoms with van der Waals surface area (Å²) in [4.78, 5) is 2.37. The van der Waals surface area contributed by atoms with E-state index in [0.717, 1.165) is 31.7 Å². The van der Waals surface area contributed by atoms with E-state index in [4.69, 9.17) is 10.00 Å². The zero-order valence-corrected chi connectivity index (χ0v) is 11.1. The normalized spacial score (nSPS) is 16.4. The van der Waals surface area contributed by atoms with E-state index in [1.165, 1.54) is 11.3 Å². The van der Waals surface area contributed by atoms with Crippen molar-refractivity contribution >= 4 is 5.69 Å². The standard InChI is InChI=1S/C15H20N2O/c1-12-3-4-15(18-2)14(11-12)17-9-6-13(5-8-16)7-10-17/h3-4,11,13H,5-7,9-10H2,1-2H3. The molecule has 0 aromatic heterocycles. The zero-order chi connectivity index (χ0) is 13.0. The van der Waals surface area contributed by atoms with E-state index in [1.54, 1.807) is 7.11 Å². The van der Waals surface area contributed by atoms with E-state index >= 15 is 0 Å². The van der Waals surface area contributed by atoms with Crippen molar-refractivity contribution in [1.82, 2.24) is 0 Å². The number of hydrogen-bond donors (Lipinski definition) is 0. The number of aryl methyl sites for hydroxylation is 1. The maximum atomic E-state index is 8.74. The molecule has 0 aliphatic carbocycles. The summed E-state index contributed by atoms with van der Waals surface area (Å²) in [5.74, 6) is 1.52. The molecule has 0 unspecified atom stereocenters. The van der Waals surface area contributed by atoms with Crippen molar-refractivity contribution in [1.29, 1.82) is 5.26 Å². The van der Waals surface area contributed by atoms with Crippen LogP contribution in [0.2, 0.25) is 0 Å². The van der Waals surface area contributed by atoms with Crippen molar-refractivity contribution in [2.75, 3.05) is 25.1 Å². The van der Waals surface area contributed by atoms with Gasteiger partial charge >= 0.3 is 0 Å². The Labute approximate surface area is 109 Å². The van der Waals surface area contributed by atoms with Crippen LogP contribution >= 0.6 is 0 Å². The average Bonchev–Trinajstić information content (AvgIpc) is 2.40. The second-order valence-corrected chi connectivity index (χ2v) is 4.97. The summed E-state index contributed by atoms with van der Waals surface area (Å²) in [6.07, 6.45) is 2.90. The van der Waals surface area contributed by atoms with Gasteiger partial charge in [0.2, 0.25) is 0 Å². The topological polar surface area (TPSA) is 36.3 Å². The summed E-state index contributed by atoms with van der Waals surface area (Å²) in [7, 11) is 1.72. The van der Waals surface area contributed by atoms with Crippen LogP contribution in [0.3, 0.4) is 0 Å². The van der Waals surface area contributed by atoms with Crippen LogP contribution in [0.15, 0.2) is 18.2 Å². The van der Waals surface area contributed by atoms with Crippen molar-refractivity contribution in [2.45, 2.75) is 26.2 Å². The average molecular weight is 244 g/mol. The fourth-order valence-electron chi connectivity index (χ4n) is 2.55. The van der Waals surface area contributed by atoms with Gasteiger partial charge in [0.1, 0.15) is 5.75 Å². The number of rotatable bonds is 3. The van der Waals surface area contributed by atoms with E-state index in [2.05, 4.69) is 30.0 Å². The van der Waals surface area contributed by atoms with Gasteiger partial charge in [-0.3, -0.25) is 0 Å². The molecule has 18 heavy (non-hydrogen) atoms. The minimum Gasteiger partial charge on any atom is -0.495 e. The quantitative estimate of drug-likeness (QED) is 0.819. The lowest BCUT2D eigenvalue weighted by molar-refractivity contribution is 0.395. The molecule has 96 valence electrons. The minimum absolute atomic E-state index is 0.571. The summed E-state index contributed by atoms with van der Waals surface area (Å²) in [6.45, 7) is 4.14. The van der Waals surface area contributed by atoms with Crippen molar-refractivity contribution in [3.05, 3.63) is 23.8 Å². The van der Waals surface area contributed by atoms with E-state index in [-0.39, 0.29) is 0 Å². The molecule has 1 aromatic rings. The summed E-state index contributed by atoms with van der Waals surface area (Å²) >= 11 is 0. The molecular weight excluding hydrogens is 224 g/mol. The Morgan fingerprint density at radius 1 is 1.39 bits per heavy atom. The van der Waals surface area contributed by atoms with Gasteiger partial charge in [0.25, 0.3) is 0 Å². The SMILES string of the molecule is COc1ccc(C)cc1N1CCC(CC#N)CC1. The molecule has 3 heteroatoms. The Bertz CT molecular complexity index is 442. The van der Waals surface area contributed by atoms with Gasteiger partial charge in [0.15, 0.2) is 0 Å². The third-order valence-electron chi connectivity index (χ3n) is 3.67. The lowest BCUT2D eigenvalue weighted by atomic mass is 9.94. The predicted molar refractivity (Wildman–Crippen MR) is 72.9 cm³/mol. The van der Waals surface area contributed by atoms with Gasteiger partial charge in [-0.1, -0.05) is 6.07 Å². The van der Waals surface area contributed by atoms with Gasteiger partial charge < -0.3 is 9.64 Å². The van der Waals surface area contributed by atoms with Crippen LogP contribution in [-0.2, 0) is 0 Å². The number of ether oxygens (including phenoxy) is 1. The molecule has 0 bridgehead atoms. The van der Waals surface area contributed by atoms with Crippen LogP contribution in [0.1, 0.15) is 24.8 Å². The third kappa shape index (κ3) is 2.76. The third-order valence-corrected chi connectivity index (χ3v) is 3.67. The molecule has 0 atom stereocenters. The Balaban J connectivity index is 2.09. The Morgan fingerprint density at radius 2 is 2.11 bits per heavy atom. The Morgan fingerprint density at radius 3 is 2.72 bits per heavy atom. The number of nitriles is 1.